The van der Waals surface area contributed by atoms with Crippen LogP contribution in [0.2, 0.25) is 0 Å². The summed E-state index contributed by atoms with van der Waals surface area (Å²) in [7, 11) is 0. The van der Waals surface area contributed by atoms with E-state index in [-0.39, 0.29) is 17.5 Å². The lowest BCUT2D eigenvalue weighted by Gasteiger charge is -2.16. The molecule has 0 spiro atoms. The molecule has 2 heterocycles. The molecular formula is C26H22FNO4S. The molecule has 2 aromatic carbocycles. The highest BCUT2D eigenvalue weighted by Gasteiger charge is 2.26. The summed E-state index contributed by atoms with van der Waals surface area (Å²) >= 11 is 1.37. The van der Waals surface area contributed by atoms with Gasteiger partial charge in [-0.15, -0.1) is 11.3 Å². The zero-order chi connectivity index (χ0) is 23.5. The van der Waals surface area contributed by atoms with Crippen LogP contribution in [-0.2, 0) is 20.7 Å². The summed E-state index contributed by atoms with van der Waals surface area (Å²) in [5.41, 5.74) is 3.10. The fourth-order valence-electron chi connectivity index (χ4n) is 3.78. The number of carbonyl (C=O) groups excluding carboxylic acids is 3. The van der Waals surface area contributed by atoms with E-state index in [9.17, 15) is 18.8 Å². The fraction of sp³-hybridized carbons (Fsp3) is 0.192. The summed E-state index contributed by atoms with van der Waals surface area (Å²) < 4.78 is 18.8. The van der Waals surface area contributed by atoms with Crippen LogP contribution >= 0.6 is 11.3 Å². The third kappa shape index (κ3) is 4.93. The van der Waals surface area contributed by atoms with Gasteiger partial charge in [-0.3, -0.25) is 9.59 Å². The predicted molar refractivity (Wildman–Crippen MR) is 127 cm³/mol. The first-order valence-electron chi connectivity index (χ1n) is 10.5. The average molecular weight is 464 g/mol. The van der Waals surface area contributed by atoms with Crippen LogP contribution in [0.15, 0.2) is 60.0 Å². The van der Waals surface area contributed by atoms with Crippen molar-refractivity contribution in [3.8, 4) is 0 Å². The van der Waals surface area contributed by atoms with Gasteiger partial charge in [0.2, 0.25) is 11.7 Å². The van der Waals surface area contributed by atoms with E-state index in [2.05, 4.69) is 0 Å². The van der Waals surface area contributed by atoms with Gasteiger partial charge in [-0.05, 0) is 72.3 Å². The number of ether oxygens (including phenoxy) is 1. The predicted octanol–water partition coefficient (Wildman–Crippen LogP) is 5.15. The molecule has 33 heavy (non-hydrogen) atoms. The summed E-state index contributed by atoms with van der Waals surface area (Å²) in [5.74, 6) is -1.36. The minimum absolute atomic E-state index is 0.0378. The highest BCUT2D eigenvalue weighted by atomic mass is 32.1. The van der Waals surface area contributed by atoms with Gasteiger partial charge in [0.25, 0.3) is 0 Å². The summed E-state index contributed by atoms with van der Waals surface area (Å²) in [6.07, 6.45) is 1.29. The van der Waals surface area contributed by atoms with Crippen LogP contribution in [0.3, 0.4) is 0 Å². The zero-order valence-corrected chi connectivity index (χ0v) is 19.0. The number of esters is 1. The first-order chi connectivity index (χ1) is 15.8. The molecule has 1 aromatic heterocycles. The Kier molecular flexibility index (Phi) is 6.51. The Balaban J connectivity index is 1.53. The highest BCUT2D eigenvalue weighted by molar-refractivity contribution is 7.11. The number of Topliss-reactive ketones (excluding diaryl/α,β-unsaturated/α-hetero) is 1. The van der Waals surface area contributed by atoms with Crippen molar-refractivity contribution < 1.29 is 23.5 Å². The average Bonchev–Trinajstić information content (AvgIpc) is 3.47. The Hall–Kier alpha value is -3.58. The van der Waals surface area contributed by atoms with E-state index < -0.39 is 12.1 Å². The van der Waals surface area contributed by atoms with Crippen LogP contribution in [0.25, 0.3) is 11.6 Å². The van der Waals surface area contributed by atoms with E-state index in [0.717, 1.165) is 11.3 Å². The first-order valence-corrected chi connectivity index (χ1v) is 11.4. The number of halogens is 1. The molecule has 0 N–H and O–H groups in total. The van der Waals surface area contributed by atoms with E-state index in [4.69, 9.17) is 4.74 Å². The molecule has 0 aliphatic carbocycles. The summed E-state index contributed by atoms with van der Waals surface area (Å²) in [5, 5.41) is 1.84. The Morgan fingerprint density at radius 3 is 2.55 bits per heavy atom. The number of rotatable bonds is 6. The lowest BCUT2D eigenvalue weighted by molar-refractivity contribution is -0.139. The number of amides is 1. The molecule has 7 heteroatoms. The van der Waals surface area contributed by atoms with Crippen molar-refractivity contribution in [1.29, 1.82) is 0 Å². The van der Waals surface area contributed by atoms with Crippen LogP contribution in [0.5, 0.6) is 0 Å². The molecule has 0 fully saturated rings. The summed E-state index contributed by atoms with van der Waals surface area (Å²) in [4.78, 5) is 40.1. The van der Waals surface area contributed by atoms with Gasteiger partial charge in [-0.2, -0.15) is 0 Å². The second-order valence-electron chi connectivity index (χ2n) is 7.76. The van der Waals surface area contributed by atoms with Crippen molar-refractivity contribution in [2.75, 3.05) is 11.4 Å². The van der Waals surface area contributed by atoms with Gasteiger partial charge in [-0.25, -0.2) is 9.18 Å². The number of thiophene rings is 1. The molecule has 168 valence electrons. The third-order valence-electron chi connectivity index (χ3n) is 5.48. The molecule has 0 saturated carbocycles. The van der Waals surface area contributed by atoms with Crippen molar-refractivity contribution in [3.05, 3.63) is 87.4 Å². The maximum atomic E-state index is 13.3. The van der Waals surface area contributed by atoms with Gasteiger partial charge < -0.3 is 9.64 Å². The van der Waals surface area contributed by atoms with Crippen LogP contribution in [0.1, 0.15) is 40.2 Å². The van der Waals surface area contributed by atoms with Gasteiger partial charge >= 0.3 is 5.97 Å². The SMILES string of the molecule is CC(=O)N1CCc2cc(C(=O)C(C)OC(=O)/C(=C/c3ccc(F)cc3)c3cccs3)ccc21. The van der Waals surface area contributed by atoms with Crippen LogP contribution in [0, 0.1) is 5.82 Å². The molecule has 1 amide bonds. The maximum absolute atomic E-state index is 13.3. The topological polar surface area (TPSA) is 63.7 Å². The zero-order valence-electron chi connectivity index (χ0n) is 18.2. The molecule has 0 radical (unpaired) electrons. The number of carbonyl (C=O) groups is 3. The Morgan fingerprint density at radius 2 is 1.88 bits per heavy atom. The maximum Gasteiger partial charge on any atom is 0.340 e. The minimum atomic E-state index is -1.00. The second kappa shape index (κ2) is 9.50. The molecule has 0 saturated heterocycles. The standard InChI is InChI=1S/C26H22FNO4S/c1-16(25(30)20-7-10-23-19(15-20)11-12-28(23)17(2)29)32-26(31)22(24-4-3-13-33-24)14-18-5-8-21(27)9-6-18/h3-10,13-16H,11-12H2,1-2H3/b22-14+. The number of fused-ring (bicyclic) bond motifs is 1. The van der Waals surface area contributed by atoms with Gasteiger partial charge in [0.05, 0.1) is 5.57 Å². The van der Waals surface area contributed by atoms with Gasteiger partial charge in [0.15, 0.2) is 6.10 Å². The quantitative estimate of drug-likeness (QED) is 0.288. The van der Waals surface area contributed by atoms with Crippen LogP contribution < -0.4 is 4.90 Å². The van der Waals surface area contributed by atoms with Gasteiger partial charge in [0, 0.05) is 29.6 Å². The molecule has 5 nitrogen and oxygen atoms in total. The van der Waals surface area contributed by atoms with Gasteiger partial charge in [-0.1, -0.05) is 18.2 Å². The molecular weight excluding hydrogens is 441 g/mol. The molecule has 1 aliphatic heterocycles. The van der Waals surface area contributed by atoms with Crippen molar-refractivity contribution in [3.63, 3.8) is 0 Å². The molecule has 3 aromatic rings. The Bertz CT molecular complexity index is 1230. The number of anilines is 1. The van der Waals surface area contributed by atoms with E-state index >= 15 is 0 Å². The van der Waals surface area contributed by atoms with Crippen molar-refractivity contribution >= 4 is 46.3 Å². The van der Waals surface area contributed by atoms with E-state index in [1.165, 1.54) is 30.4 Å². The van der Waals surface area contributed by atoms with Gasteiger partial charge in [0.1, 0.15) is 5.82 Å². The smallest absolute Gasteiger partial charge is 0.340 e. The second-order valence-corrected chi connectivity index (χ2v) is 8.71. The normalized spacial score (nSPS) is 14.0. The Labute approximate surface area is 195 Å². The number of nitrogens with zero attached hydrogens (tertiary/aromatic N) is 1. The highest BCUT2D eigenvalue weighted by Crippen LogP contribution is 2.30. The molecule has 1 atom stereocenters. The number of hydrogen-bond donors (Lipinski definition) is 0. The van der Waals surface area contributed by atoms with Crippen LogP contribution in [0.4, 0.5) is 10.1 Å². The van der Waals surface area contributed by atoms with E-state index in [1.807, 2.05) is 11.4 Å². The molecule has 1 unspecified atom stereocenters. The number of hydrogen-bond acceptors (Lipinski definition) is 5. The molecule has 0 bridgehead atoms. The molecule has 4 rings (SSSR count). The number of benzene rings is 2. The molecule has 1 aliphatic rings. The third-order valence-corrected chi connectivity index (χ3v) is 6.38. The largest absolute Gasteiger partial charge is 0.451 e. The van der Waals surface area contributed by atoms with Crippen molar-refractivity contribution in [2.45, 2.75) is 26.4 Å². The minimum Gasteiger partial charge on any atom is -0.451 e. The van der Waals surface area contributed by atoms with Crippen molar-refractivity contribution in [1.82, 2.24) is 0 Å². The summed E-state index contributed by atoms with van der Waals surface area (Å²) in [6.45, 7) is 3.64. The van der Waals surface area contributed by atoms with Crippen molar-refractivity contribution in [2.24, 2.45) is 0 Å². The van der Waals surface area contributed by atoms with E-state index in [0.29, 0.717) is 34.5 Å². The monoisotopic (exact) mass is 463 g/mol. The lowest BCUT2D eigenvalue weighted by atomic mass is 10.0. The first kappa shape index (κ1) is 22.6. The summed E-state index contributed by atoms with van der Waals surface area (Å²) in [6, 6.07) is 14.5. The lowest BCUT2D eigenvalue weighted by Crippen LogP contribution is -2.26. The van der Waals surface area contributed by atoms with E-state index in [1.54, 1.807) is 54.3 Å². The number of ketones is 1. The Morgan fingerprint density at radius 1 is 1.12 bits per heavy atom. The fourth-order valence-corrected chi connectivity index (χ4v) is 4.51. The van der Waals surface area contributed by atoms with Crippen LogP contribution in [-0.4, -0.2) is 30.3 Å².